The Kier molecular flexibility index (Phi) is 4.80. The van der Waals surface area contributed by atoms with Gasteiger partial charge in [-0.1, -0.05) is 6.92 Å². The summed E-state index contributed by atoms with van der Waals surface area (Å²) in [6.07, 6.45) is 0. The normalized spacial score (nSPS) is 13.1. The molecule has 4 nitrogen and oxygen atoms in total. The molecule has 0 saturated carbocycles. The molecule has 0 amide bonds. The molecular weight excluding hydrogens is 294 g/mol. The third kappa shape index (κ3) is 3.39. The first-order chi connectivity index (χ1) is 9.56. The first-order valence-corrected chi connectivity index (χ1v) is 8.88. The van der Waals surface area contributed by atoms with Crippen LogP contribution >= 0.6 is 11.3 Å². The highest BCUT2D eigenvalue weighted by molar-refractivity contribution is 7.91. The van der Waals surface area contributed by atoms with Crippen LogP contribution in [0.3, 0.4) is 0 Å². The van der Waals surface area contributed by atoms with Crippen LogP contribution in [0.25, 0.3) is 0 Å². The van der Waals surface area contributed by atoms with Crippen molar-refractivity contribution in [3.05, 3.63) is 46.7 Å². The Labute approximate surface area is 123 Å². The SMILES string of the molecule is CCS(=O)(=O)c1ccc(N[C@@H](CO)c2ccsc2)cc1. The number of benzene rings is 1. The summed E-state index contributed by atoms with van der Waals surface area (Å²) >= 11 is 1.57. The molecule has 1 aromatic heterocycles. The van der Waals surface area contributed by atoms with Gasteiger partial charge in [0, 0.05) is 5.69 Å². The van der Waals surface area contributed by atoms with Crippen molar-refractivity contribution < 1.29 is 13.5 Å². The lowest BCUT2D eigenvalue weighted by atomic mass is 10.1. The Balaban J connectivity index is 2.15. The van der Waals surface area contributed by atoms with Gasteiger partial charge in [0.1, 0.15) is 0 Å². The fourth-order valence-electron chi connectivity index (χ4n) is 1.83. The molecule has 2 aromatic rings. The van der Waals surface area contributed by atoms with E-state index in [1.807, 2.05) is 16.8 Å². The van der Waals surface area contributed by atoms with Crippen molar-refractivity contribution in [2.24, 2.45) is 0 Å². The predicted octanol–water partition coefficient (Wildman–Crippen LogP) is 2.69. The molecular formula is C14H17NO3S2. The predicted molar refractivity (Wildman–Crippen MR) is 81.9 cm³/mol. The van der Waals surface area contributed by atoms with Gasteiger partial charge in [-0.05, 0) is 46.7 Å². The Hall–Kier alpha value is -1.37. The molecule has 2 rings (SSSR count). The van der Waals surface area contributed by atoms with E-state index in [-0.39, 0.29) is 18.4 Å². The van der Waals surface area contributed by atoms with Crippen molar-refractivity contribution in [2.45, 2.75) is 17.9 Å². The van der Waals surface area contributed by atoms with Crippen LogP contribution in [0, 0.1) is 0 Å². The first-order valence-electron chi connectivity index (χ1n) is 6.29. The monoisotopic (exact) mass is 311 g/mol. The van der Waals surface area contributed by atoms with Gasteiger partial charge in [0.2, 0.25) is 0 Å². The molecule has 0 bridgehead atoms. The average Bonchev–Trinajstić information content (AvgIpc) is 2.99. The van der Waals surface area contributed by atoms with Gasteiger partial charge in [-0.3, -0.25) is 0 Å². The molecule has 1 aromatic carbocycles. The number of sulfone groups is 1. The number of hydrogen-bond acceptors (Lipinski definition) is 5. The van der Waals surface area contributed by atoms with Crippen LogP contribution in [0.5, 0.6) is 0 Å². The maximum absolute atomic E-state index is 11.7. The van der Waals surface area contributed by atoms with E-state index in [1.165, 1.54) is 0 Å². The van der Waals surface area contributed by atoms with E-state index in [1.54, 1.807) is 42.5 Å². The van der Waals surface area contributed by atoms with Crippen molar-refractivity contribution >= 4 is 26.9 Å². The fraction of sp³-hybridized carbons (Fsp3) is 0.286. The van der Waals surface area contributed by atoms with Gasteiger partial charge in [-0.2, -0.15) is 11.3 Å². The highest BCUT2D eigenvalue weighted by Gasteiger charge is 2.13. The molecule has 6 heteroatoms. The molecule has 0 spiro atoms. The molecule has 1 heterocycles. The van der Waals surface area contributed by atoms with Gasteiger partial charge in [0.05, 0.1) is 23.3 Å². The summed E-state index contributed by atoms with van der Waals surface area (Å²) in [6, 6.07) is 8.38. The van der Waals surface area contributed by atoms with Crippen LogP contribution in [-0.2, 0) is 9.84 Å². The smallest absolute Gasteiger partial charge is 0.178 e. The molecule has 0 aliphatic heterocycles. The van der Waals surface area contributed by atoms with E-state index in [2.05, 4.69) is 5.32 Å². The Morgan fingerprint density at radius 3 is 2.45 bits per heavy atom. The van der Waals surface area contributed by atoms with Gasteiger partial charge in [0.15, 0.2) is 9.84 Å². The van der Waals surface area contributed by atoms with Crippen LogP contribution < -0.4 is 5.32 Å². The van der Waals surface area contributed by atoms with Crippen LogP contribution in [-0.4, -0.2) is 25.9 Å². The molecule has 2 N–H and O–H groups in total. The van der Waals surface area contributed by atoms with E-state index in [9.17, 15) is 13.5 Å². The third-order valence-corrected chi connectivity index (χ3v) is 5.51. The van der Waals surface area contributed by atoms with E-state index in [0.29, 0.717) is 4.90 Å². The quantitative estimate of drug-likeness (QED) is 0.861. The maximum Gasteiger partial charge on any atom is 0.178 e. The Morgan fingerprint density at radius 1 is 1.25 bits per heavy atom. The number of aliphatic hydroxyl groups excluding tert-OH is 1. The van der Waals surface area contributed by atoms with Crippen molar-refractivity contribution in [2.75, 3.05) is 17.7 Å². The molecule has 0 aliphatic carbocycles. The summed E-state index contributed by atoms with van der Waals surface area (Å²) < 4.78 is 23.4. The lowest BCUT2D eigenvalue weighted by molar-refractivity contribution is 0.276. The first kappa shape index (κ1) is 15.0. The summed E-state index contributed by atoms with van der Waals surface area (Å²) in [7, 11) is -3.17. The molecule has 0 fully saturated rings. The van der Waals surface area contributed by atoms with Crippen molar-refractivity contribution in [1.29, 1.82) is 0 Å². The van der Waals surface area contributed by atoms with E-state index < -0.39 is 9.84 Å². The zero-order chi connectivity index (χ0) is 14.6. The third-order valence-electron chi connectivity index (χ3n) is 3.06. The highest BCUT2D eigenvalue weighted by Crippen LogP contribution is 2.22. The molecule has 0 unspecified atom stereocenters. The van der Waals surface area contributed by atoms with Gasteiger partial charge in [0.25, 0.3) is 0 Å². The Morgan fingerprint density at radius 2 is 1.95 bits per heavy atom. The van der Waals surface area contributed by atoms with Gasteiger partial charge in [-0.25, -0.2) is 8.42 Å². The summed E-state index contributed by atoms with van der Waals surface area (Å²) in [5.74, 6) is 0.0912. The molecule has 0 radical (unpaired) electrons. The molecule has 20 heavy (non-hydrogen) atoms. The zero-order valence-electron chi connectivity index (χ0n) is 11.1. The molecule has 0 saturated heterocycles. The second kappa shape index (κ2) is 6.39. The number of anilines is 1. The maximum atomic E-state index is 11.7. The fourth-order valence-corrected chi connectivity index (χ4v) is 3.43. The van der Waals surface area contributed by atoms with Gasteiger partial charge in [-0.15, -0.1) is 0 Å². The van der Waals surface area contributed by atoms with Crippen molar-refractivity contribution in [1.82, 2.24) is 0 Å². The average molecular weight is 311 g/mol. The molecule has 108 valence electrons. The minimum atomic E-state index is -3.17. The Bertz CT molecular complexity index is 634. The summed E-state index contributed by atoms with van der Waals surface area (Å²) in [4.78, 5) is 0.321. The second-order valence-corrected chi connectivity index (χ2v) is 7.42. The lowest BCUT2D eigenvalue weighted by Gasteiger charge is -2.16. The van der Waals surface area contributed by atoms with Crippen molar-refractivity contribution in [3.63, 3.8) is 0 Å². The number of rotatable bonds is 6. The second-order valence-electron chi connectivity index (χ2n) is 4.36. The van der Waals surface area contributed by atoms with Crippen molar-refractivity contribution in [3.8, 4) is 0 Å². The number of nitrogens with one attached hydrogen (secondary N) is 1. The van der Waals surface area contributed by atoms with Crippen LogP contribution in [0.15, 0.2) is 46.0 Å². The highest BCUT2D eigenvalue weighted by atomic mass is 32.2. The number of thiophene rings is 1. The van der Waals surface area contributed by atoms with E-state index in [4.69, 9.17) is 0 Å². The lowest BCUT2D eigenvalue weighted by Crippen LogP contribution is -2.14. The summed E-state index contributed by atoms with van der Waals surface area (Å²) in [6.45, 7) is 1.60. The summed E-state index contributed by atoms with van der Waals surface area (Å²) in [5.41, 5.74) is 1.80. The standard InChI is InChI=1S/C14H17NO3S2/c1-2-20(17,18)13-5-3-12(4-6-13)15-14(9-16)11-7-8-19-10-11/h3-8,10,14-16H,2,9H2,1H3/t14-/m0/s1. The molecule has 1 atom stereocenters. The van der Waals surface area contributed by atoms with E-state index in [0.717, 1.165) is 11.3 Å². The minimum Gasteiger partial charge on any atom is -0.394 e. The van der Waals surface area contributed by atoms with E-state index >= 15 is 0 Å². The van der Waals surface area contributed by atoms with Gasteiger partial charge < -0.3 is 10.4 Å². The number of hydrogen-bond donors (Lipinski definition) is 2. The zero-order valence-corrected chi connectivity index (χ0v) is 12.7. The van der Waals surface area contributed by atoms with Crippen LogP contribution in [0.2, 0.25) is 0 Å². The van der Waals surface area contributed by atoms with Crippen LogP contribution in [0.4, 0.5) is 5.69 Å². The van der Waals surface area contributed by atoms with Gasteiger partial charge >= 0.3 is 0 Å². The largest absolute Gasteiger partial charge is 0.394 e. The number of aliphatic hydroxyl groups is 1. The van der Waals surface area contributed by atoms with Crippen LogP contribution in [0.1, 0.15) is 18.5 Å². The molecule has 0 aliphatic rings. The summed E-state index contributed by atoms with van der Waals surface area (Å²) in [5, 5.41) is 16.5. The topological polar surface area (TPSA) is 66.4 Å². The minimum absolute atomic E-state index is 0.0221.